The maximum Gasteiger partial charge on any atom is 0.416 e. The van der Waals surface area contributed by atoms with Crippen molar-refractivity contribution in [2.24, 2.45) is 0 Å². The van der Waals surface area contributed by atoms with Crippen LogP contribution in [-0.4, -0.2) is 16.2 Å². The molecule has 9 heteroatoms. The summed E-state index contributed by atoms with van der Waals surface area (Å²) in [6.45, 7) is -0.280. The quantitative estimate of drug-likeness (QED) is 0.409. The molecular formula is C21H13F3N2O4. The molecule has 152 valence electrons. The minimum absolute atomic E-state index is 0.0897. The molecule has 0 unspecified atom stereocenters. The van der Waals surface area contributed by atoms with Crippen LogP contribution in [0.15, 0.2) is 75.6 Å². The molecule has 0 saturated carbocycles. The highest BCUT2D eigenvalue weighted by Gasteiger charge is 2.30. The summed E-state index contributed by atoms with van der Waals surface area (Å²) in [5.41, 5.74) is 0.0961. The lowest BCUT2D eigenvalue weighted by molar-refractivity contribution is -0.137. The van der Waals surface area contributed by atoms with E-state index in [0.717, 1.165) is 17.7 Å². The third-order valence-corrected chi connectivity index (χ3v) is 4.10. The second-order valence-electron chi connectivity index (χ2n) is 6.19. The van der Waals surface area contributed by atoms with Crippen LogP contribution in [0, 0.1) is 0 Å². The number of aromatic nitrogens is 2. The zero-order valence-corrected chi connectivity index (χ0v) is 15.2. The Kier molecular flexibility index (Phi) is 5.09. The molecule has 6 nitrogen and oxygen atoms in total. The summed E-state index contributed by atoms with van der Waals surface area (Å²) < 4.78 is 54.5. The van der Waals surface area contributed by atoms with Gasteiger partial charge in [-0.05, 0) is 36.4 Å². The highest BCUT2D eigenvalue weighted by Crippen LogP contribution is 2.32. The van der Waals surface area contributed by atoms with E-state index in [1.165, 1.54) is 24.3 Å². The minimum atomic E-state index is -4.48. The van der Waals surface area contributed by atoms with Gasteiger partial charge in [0.2, 0.25) is 11.7 Å². The molecule has 30 heavy (non-hydrogen) atoms. The number of hydrogen-bond donors (Lipinski definition) is 0. The first kappa shape index (κ1) is 19.4. The van der Waals surface area contributed by atoms with E-state index in [9.17, 15) is 18.0 Å². The molecule has 0 radical (unpaired) electrons. The molecule has 0 aliphatic heterocycles. The molecule has 2 heterocycles. The smallest absolute Gasteiger partial charge is 0.416 e. The Morgan fingerprint density at radius 3 is 2.43 bits per heavy atom. The van der Waals surface area contributed by atoms with E-state index in [1.54, 1.807) is 12.1 Å². The lowest BCUT2D eigenvalue weighted by atomic mass is 10.1. The summed E-state index contributed by atoms with van der Waals surface area (Å²) >= 11 is 0. The maximum atomic E-state index is 12.9. The van der Waals surface area contributed by atoms with Gasteiger partial charge in [0.1, 0.15) is 5.76 Å². The Hall–Kier alpha value is -3.88. The summed E-state index contributed by atoms with van der Waals surface area (Å²) in [6, 6.07) is 16.4. The van der Waals surface area contributed by atoms with E-state index in [4.69, 9.17) is 13.6 Å². The van der Waals surface area contributed by atoms with Crippen molar-refractivity contribution in [2.45, 2.75) is 12.8 Å². The monoisotopic (exact) mass is 414 g/mol. The average molecular weight is 414 g/mol. The van der Waals surface area contributed by atoms with Gasteiger partial charge in [0.15, 0.2) is 6.61 Å². The normalized spacial score (nSPS) is 11.4. The van der Waals surface area contributed by atoms with Gasteiger partial charge in [-0.3, -0.25) is 0 Å². The number of alkyl halides is 3. The maximum absolute atomic E-state index is 12.9. The van der Waals surface area contributed by atoms with Crippen LogP contribution in [0.2, 0.25) is 0 Å². The Balaban J connectivity index is 1.42. The first-order chi connectivity index (χ1) is 14.4. The van der Waals surface area contributed by atoms with Gasteiger partial charge in [-0.2, -0.15) is 13.2 Å². The predicted molar refractivity (Wildman–Crippen MR) is 98.0 cm³/mol. The van der Waals surface area contributed by atoms with Crippen LogP contribution in [0.4, 0.5) is 13.2 Å². The van der Waals surface area contributed by atoms with Crippen LogP contribution < -0.4 is 0 Å². The summed E-state index contributed by atoms with van der Waals surface area (Å²) in [5.74, 6) is -0.492. The van der Waals surface area contributed by atoms with Crippen molar-refractivity contribution in [2.75, 3.05) is 0 Å². The van der Waals surface area contributed by atoms with Crippen LogP contribution in [0.5, 0.6) is 0 Å². The van der Waals surface area contributed by atoms with E-state index >= 15 is 0 Å². The molecule has 4 aromatic rings. The number of benzene rings is 2. The summed E-state index contributed by atoms with van der Waals surface area (Å²) in [4.78, 5) is 12.2. The van der Waals surface area contributed by atoms with Gasteiger partial charge < -0.3 is 13.6 Å². The molecule has 2 aromatic carbocycles. The number of halogens is 3. The lowest BCUT2D eigenvalue weighted by Crippen LogP contribution is -2.04. The Bertz CT molecular complexity index is 1170. The number of esters is 1. The van der Waals surface area contributed by atoms with Crippen LogP contribution in [0.3, 0.4) is 0 Å². The third kappa shape index (κ3) is 4.24. The second-order valence-corrected chi connectivity index (χ2v) is 6.19. The minimum Gasteiger partial charge on any atom is -0.450 e. The van der Waals surface area contributed by atoms with Gasteiger partial charge in [-0.25, -0.2) is 4.79 Å². The second kappa shape index (κ2) is 7.86. The van der Waals surface area contributed by atoms with E-state index in [2.05, 4.69) is 10.2 Å². The van der Waals surface area contributed by atoms with Crippen LogP contribution >= 0.6 is 0 Å². The van der Waals surface area contributed by atoms with Gasteiger partial charge in [-0.1, -0.05) is 30.3 Å². The number of rotatable bonds is 5. The van der Waals surface area contributed by atoms with E-state index in [1.807, 2.05) is 18.2 Å². The van der Waals surface area contributed by atoms with Gasteiger partial charge in [-0.15, -0.1) is 10.2 Å². The predicted octanol–water partition coefficient (Wildman–Crippen LogP) is 5.37. The molecule has 0 aliphatic carbocycles. The van der Waals surface area contributed by atoms with Crippen molar-refractivity contribution in [3.05, 3.63) is 83.9 Å². The number of nitrogens with zero attached hydrogens (tertiary/aromatic N) is 2. The first-order valence-corrected chi connectivity index (χ1v) is 8.72. The van der Waals surface area contributed by atoms with Crippen molar-refractivity contribution in [3.63, 3.8) is 0 Å². The average Bonchev–Trinajstić information content (AvgIpc) is 3.42. The molecule has 0 spiro atoms. The fourth-order valence-corrected chi connectivity index (χ4v) is 2.66. The topological polar surface area (TPSA) is 78.4 Å². The SMILES string of the molecule is O=C(OCc1nnc(-c2ccccc2)o1)c1ccc(-c2cccc(C(F)(F)F)c2)o1. The van der Waals surface area contributed by atoms with E-state index < -0.39 is 17.7 Å². The third-order valence-electron chi connectivity index (χ3n) is 4.10. The Morgan fingerprint density at radius 1 is 0.900 bits per heavy atom. The van der Waals surface area contributed by atoms with Crippen molar-refractivity contribution in [1.29, 1.82) is 0 Å². The number of carbonyl (C=O) groups is 1. The van der Waals surface area contributed by atoms with Crippen molar-refractivity contribution >= 4 is 5.97 Å². The van der Waals surface area contributed by atoms with Gasteiger partial charge in [0.25, 0.3) is 5.89 Å². The van der Waals surface area contributed by atoms with Gasteiger partial charge >= 0.3 is 12.1 Å². The Labute approximate surface area is 167 Å². The molecule has 0 bridgehead atoms. The molecule has 0 atom stereocenters. The highest BCUT2D eigenvalue weighted by molar-refractivity contribution is 5.87. The molecule has 0 N–H and O–H groups in total. The number of hydrogen-bond acceptors (Lipinski definition) is 6. The van der Waals surface area contributed by atoms with Crippen molar-refractivity contribution < 1.29 is 31.5 Å². The van der Waals surface area contributed by atoms with Crippen molar-refractivity contribution in [3.8, 4) is 22.8 Å². The summed E-state index contributed by atoms with van der Waals surface area (Å²) in [7, 11) is 0. The van der Waals surface area contributed by atoms with Crippen LogP contribution in [0.25, 0.3) is 22.8 Å². The number of furan rings is 1. The summed E-state index contributed by atoms with van der Waals surface area (Å²) in [6.07, 6.45) is -4.48. The fourth-order valence-electron chi connectivity index (χ4n) is 2.66. The van der Waals surface area contributed by atoms with Gasteiger partial charge in [0, 0.05) is 11.1 Å². The van der Waals surface area contributed by atoms with Gasteiger partial charge in [0.05, 0.1) is 5.56 Å². The molecule has 0 fully saturated rings. The lowest BCUT2D eigenvalue weighted by Gasteiger charge is -2.07. The van der Waals surface area contributed by atoms with Crippen molar-refractivity contribution in [1.82, 2.24) is 10.2 Å². The molecule has 0 saturated heterocycles. The molecule has 2 aromatic heterocycles. The standard InChI is InChI=1S/C21H13F3N2O4/c22-21(23,24)15-8-4-7-14(11-15)16-9-10-17(29-16)20(27)28-12-18-25-26-19(30-18)13-5-2-1-3-6-13/h1-11H,12H2. The fraction of sp³-hybridized carbons (Fsp3) is 0.0952. The molecule has 4 rings (SSSR count). The largest absolute Gasteiger partial charge is 0.450 e. The number of ether oxygens (including phenoxy) is 1. The summed E-state index contributed by atoms with van der Waals surface area (Å²) in [5, 5.41) is 7.70. The van der Waals surface area contributed by atoms with Crippen LogP contribution in [-0.2, 0) is 17.5 Å². The zero-order chi connectivity index (χ0) is 21.1. The van der Waals surface area contributed by atoms with E-state index in [0.29, 0.717) is 0 Å². The number of carbonyl (C=O) groups excluding carboxylic acids is 1. The molecular weight excluding hydrogens is 401 g/mol. The Morgan fingerprint density at radius 2 is 1.67 bits per heavy atom. The molecule has 0 amide bonds. The molecule has 0 aliphatic rings. The highest BCUT2D eigenvalue weighted by atomic mass is 19.4. The van der Waals surface area contributed by atoms with Crippen LogP contribution in [0.1, 0.15) is 22.0 Å². The first-order valence-electron chi connectivity index (χ1n) is 8.72. The zero-order valence-electron chi connectivity index (χ0n) is 15.2. The van der Waals surface area contributed by atoms with E-state index in [-0.39, 0.29) is 35.5 Å².